The van der Waals surface area contributed by atoms with Gasteiger partial charge in [-0.2, -0.15) is 0 Å². The van der Waals surface area contributed by atoms with E-state index in [1.165, 1.54) is 6.07 Å². The summed E-state index contributed by atoms with van der Waals surface area (Å²) in [6, 6.07) is 11.8. The zero-order chi connectivity index (χ0) is 22.3. The van der Waals surface area contributed by atoms with Crippen molar-refractivity contribution in [3.8, 4) is 11.5 Å². The van der Waals surface area contributed by atoms with Crippen LogP contribution in [0.15, 0.2) is 42.5 Å². The number of nitrogens with one attached hydrogen (secondary N) is 2. The average Bonchev–Trinajstić information content (AvgIpc) is 2.80. The summed E-state index contributed by atoms with van der Waals surface area (Å²) in [6.45, 7) is 0.402. The van der Waals surface area contributed by atoms with E-state index in [-0.39, 0.29) is 35.4 Å². The standard InChI is InChI=1S/C25H27FN2O4/c1-31-18-8-9-19-22(13-18)32-25(28-24(19)30)14-16-6-7-17(25)12-20(16)23(29)27-11-10-15-4-2-3-5-21(15)26/h2-5,8-9,13,16-17,20H,6-7,10-12,14H2,1H3,(H,27,29)(H,28,30)/t16-,17+,20+,25-/m1/s1. The van der Waals surface area contributed by atoms with Gasteiger partial charge in [0.1, 0.15) is 17.3 Å². The summed E-state index contributed by atoms with van der Waals surface area (Å²) >= 11 is 0. The Labute approximate surface area is 186 Å². The third-order valence-electron chi connectivity index (χ3n) is 7.26. The maximum absolute atomic E-state index is 13.8. The van der Waals surface area contributed by atoms with Gasteiger partial charge in [-0.1, -0.05) is 18.2 Å². The van der Waals surface area contributed by atoms with Crippen molar-refractivity contribution in [2.45, 2.75) is 37.8 Å². The highest BCUT2D eigenvalue weighted by Crippen LogP contribution is 2.52. The molecule has 0 unspecified atom stereocenters. The molecule has 1 spiro atoms. The molecule has 3 aliphatic carbocycles. The van der Waals surface area contributed by atoms with Crippen LogP contribution < -0.4 is 20.1 Å². The van der Waals surface area contributed by atoms with E-state index in [0.717, 1.165) is 12.8 Å². The molecule has 3 fully saturated rings. The van der Waals surface area contributed by atoms with E-state index in [9.17, 15) is 14.0 Å². The predicted molar refractivity (Wildman–Crippen MR) is 116 cm³/mol. The summed E-state index contributed by atoms with van der Waals surface area (Å²) in [5.41, 5.74) is 0.327. The number of hydrogen-bond donors (Lipinski definition) is 2. The fraction of sp³-hybridized carbons (Fsp3) is 0.440. The molecule has 32 heavy (non-hydrogen) atoms. The summed E-state index contributed by atoms with van der Waals surface area (Å²) in [5, 5.41) is 6.11. The Kier molecular flexibility index (Phi) is 5.27. The largest absolute Gasteiger partial charge is 0.497 e. The molecule has 3 saturated carbocycles. The second-order valence-corrected chi connectivity index (χ2v) is 9.02. The molecular weight excluding hydrogens is 411 g/mol. The van der Waals surface area contributed by atoms with E-state index >= 15 is 0 Å². The van der Waals surface area contributed by atoms with Crippen LogP contribution in [0, 0.1) is 23.6 Å². The molecule has 1 aliphatic heterocycles. The first-order valence-corrected chi connectivity index (χ1v) is 11.2. The Morgan fingerprint density at radius 3 is 2.88 bits per heavy atom. The zero-order valence-corrected chi connectivity index (χ0v) is 18.0. The number of methoxy groups -OCH3 is 1. The minimum Gasteiger partial charge on any atom is -0.497 e. The number of hydrogen-bond acceptors (Lipinski definition) is 4. The highest BCUT2D eigenvalue weighted by atomic mass is 19.1. The van der Waals surface area contributed by atoms with Crippen LogP contribution in [0.1, 0.15) is 41.6 Å². The van der Waals surface area contributed by atoms with E-state index in [4.69, 9.17) is 9.47 Å². The fourth-order valence-corrected chi connectivity index (χ4v) is 5.59. The Balaban J connectivity index is 1.26. The van der Waals surface area contributed by atoms with Crippen molar-refractivity contribution in [2.24, 2.45) is 17.8 Å². The van der Waals surface area contributed by atoms with Crippen LogP contribution in [0.3, 0.4) is 0 Å². The Hall–Kier alpha value is -3.09. The van der Waals surface area contributed by atoms with E-state index in [0.29, 0.717) is 48.4 Å². The Morgan fingerprint density at radius 2 is 2.12 bits per heavy atom. The molecule has 2 aromatic carbocycles. The number of benzene rings is 2. The van der Waals surface area contributed by atoms with Crippen molar-refractivity contribution in [1.29, 1.82) is 0 Å². The number of carbonyl (C=O) groups is 2. The van der Waals surface area contributed by atoms with Crippen LogP contribution in [0.2, 0.25) is 0 Å². The van der Waals surface area contributed by atoms with Gasteiger partial charge in [-0.05, 0) is 55.4 Å². The van der Waals surface area contributed by atoms with E-state index in [1.807, 2.05) is 0 Å². The van der Waals surface area contributed by atoms with Crippen molar-refractivity contribution in [1.82, 2.24) is 10.6 Å². The molecule has 4 aliphatic rings. The van der Waals surface area contributed by atoms with Crippen LogP contribution in [0.5, 0.6) is 11.5 Å². The average molecular weight is 438 g/mol. The van der Waals surface area contributed by atoms with Gasteiger partial charge in [0.25, 0.3) is 5.91 Å². The van der Waals surface area contributed by atoms with E-state index in [1.54, 1.807) is 43.5 Å². The van der Waals surface area contributed by atoms with Gasteiger partial charge in [-0.3, -0.25) is 9.59 Å². The normalized spacial score (nSPS) is 27.9. The first-order chi connectivity index (χ1) is 15.5. The smallest absolute Gasteiger partial charge is 0.258 e. The topological polar surface area (TPSA) is 76.7 Å². The third kappa shape index (κ3) is 3.59. The zero-order valence-electron chi connectivity index (χ0n) is 18.0. The van der Waals surface area contributed by atoms with Gasteiger partial charge in [0.2, 0.25) is 5.91 Å². The summed E-state index contributed by atoms with van der Waals surface area (Å²) in [7, 11) is 1.58. The highest BCUT2D eigenvalue weighted by Gasteiger charge is 2.57. The molecular formula is C25H27FN2O4. The van der Waals surface area contributed by atoms with Crippen molar-refractivity contribution >= 4 is 11.8 Å². The molecule has 0 radical (unpaired) electrons. The fourth-order valence-electron chi connectivity index (χ4n) is 5.59. The minimum atomic E-state index is -0.774. The van der Waals surface area contributed by atoms with E-state index < -0.39 is 5.72 Å². The minimum absolute atomic E-state index is 0.00935. The van der Waals surface area contributed by atoms with Crippen molar-refractivity contribution < 1.29 is 23.5 Å². The quantitative estimate of drug-likeness (QED) is 0.750. The molecule has 6 rings (SSSR count). The first kappa shape index (κ1) is 20.8. The molecule has 0 aromatic heterocycles. The predicted octanol–water partition coefficient (Wildman–Crippen LogP) is 3.45. The lowest BCUT2D eigenvalue weighted by molar-refractivity contribution is -0.146. The van der Waals surface area contributed by atoms with Crippen LogP contribution in [-0.2, 0) is 11.2 Å². The number of fused-ring (bicyclic) bond motifs is 3. The van der Waals surface area contributed by atoms with Crippen LogP contribution in [-0.4, -0.2) is 31.2 Å². The molecule has 4 atom stereocenters. The Bertz CT molecular complexity index is 1060. The second-order valence-electron chi connectivity index (χ2n) is 9.02. The Morgan fingerprint density at radius 1 is 1.28 bits per heavy atom. The van der Waals surface area contributed by atoms with Gasteiger partial charge < -0.3 is 20.1 Å². The summed E-state index contributed by atoms with van der Waals surface area (Å²) in [4.78, 5) is 25.7. The van der Waals surface area contributed by atoms with Gasteiger partial charge in [-0.25, -0.2) is 4.39 Å². The van der Waals surface area contributed by atoms with Crippen LogP contribution in [0.25, 0.3) is 0 Å². The van der Waals surface area contributed by atoms with Gasteiger partial charge >= 0.3 is 0 Å². The van der Waals surface area contributed by atoms with Gasteiger partial charge in [0.05, 0.1) is 12.7 Å². The van der Waals surface area contributed by atoms with Crippen LogP contribution >= 0.6 is 0 Å². The number of amides is 2. The molecule has 0 saturated heterocycles. The molecule has 2 N–H and O–H groups in total. The summed E-state index contributed by atoms with van der Waals surface area (Å²) in [6.07, 6.45) is 3.56. The molecule has 2 amide bonds. The number of halogens is 1. The molecule has 6 nitrogen and oxygen atoms in total. The number of ether oxygens (including phenoxy) is 2. The lowest BCUT2D eigenvalue weighted by Gasteiger charge is -2.55. The molecule has 2 bridgehead atoms. The second kappa shape index (κ2) is 8.11. The molecule has 168 valence electrons. The highest BCUT2D eigenvalue weighted by molar-refractivity contribution is 5.98. The van der Waals surface area contributed by atoms with Gasteiger partial charge in [-0.15, -0.1) is 0 Å². The number of rotatable bonds is 5. The lowest BCUT2D eigenvalue weighted by atomic mass is 9.60. The van der Waals surface area contributed by atoms with Crippen LogP contribution in [0.4, 0.5) is 4.39 Å². The van der Waals surface area contributed by atoms with Crippen molar-refractivity contribution in [3.63, 3.8) is 0 Å². The molecule has 1 heterocycles. The SMILES string of the molecule is COc1ccc2c(c1)O[C@@]1(C[C@H]3CC[C@H]1C[C@@H]3C(=O)NCCc1ccccc1F)NC2=O. The lowest BCUT2D eigenvalue weighted by Crippen LogP contribution is -2.67. The summed E-state index contributed by atoms with van der Waals surface area (Å²) < 4.78 is 25.5. The molecule has 2 aromatic rings. The maximum atomic E-state index is 13.8. The molecule has 7 heteroatoms. The van der Waals surface area contributed by atoms with Gasteiger partial charge in [0, 0.05) is 30.9 Å². The monoisotopic (exact) mass is 438 g/mol. The van der Waals surface area contributed by atoms with Crippen molar-refractivity contribution in [3.05, 3.63) is 59.4 Å². The van der Waals surface area contributed by atoms with Gasteiger partial charge in [0.15, 0.2) is 5.72 Å². The van der Waals surface area contributed by atoms with Crippen molar-refractivity contribution in [2.75, 3.05) is 13.7 Å². The maximum Gasteiger partial charge on any atom is 0.258 e. The summed E-state index contributed by atoms with van der Waals surface area (Å²) in [5.74, 6) is 0.851. The number of carbonyl (C=O) groups excluding carboxylic acids is 2. The third-order valence-corrected chi connectivity index (χ3v) is 7.26. The first-order valence-electron chi connectivity index (χ1n) is 11.2. The van der Waals surface area contributed by atoms with E-state index in [2.05, 4.69) is 10.6 Å².